The number of alkyl halides is 3. The standard InChI is InChI=1S/C29H28ClF3N2O3/c1-18(2)25(27(37)29(31,32)33)35-28(38)26(20-12-7-4-8-13-20)34-24(36)17-23(19-10-5-3-6-11-19)21-14-9-15-22(30)16-21/h3-16,18,23,25-26H,17H2,1-2H3,(H,34,36)(H,35,38)/t23?,25-,26?/m0/s1. The van der Waals surface area contributed by atoms with Crippen LogP contribution in [0, 0.1) is 5.92 Å². The highest BCUT2D eigenvalue weighted by molar-refractivity contribution is 6.30. The van der Waals surface area contributed by atoms with Gasteiger partial charge in [0.05, 0.1) is 6.04 Å². The van der Waals surface area contributed by atoms with Crippen molar-refractivity contribution in [1.29, 1.82) is 0 Å². The van der Waals surface area contributed by atoms with Crippen LogP contribution in [0.4, 0.5) is 13.2 Å². The fourth-order valence-corrected chi connectivity index (χ4v) is 4.33. The fraction of sp³-hybridized carbons (Fsp3) is 0.276. The third-order valence-corrected chi connectivity index (χ3v) is 6.30. The molecule has 0 spiro atoms. The molecule has 0 saturated heterocycles. The third-order valence-electron chi connectivity index (χ3n) is 6.07. The highest BCUT2D eigenvalue weighted by Gasteiger charge is 2.45. The van der Waals surface area contributed by atoms with E-state index in [0.29, 0.717) is 10.6 Å². The van der Waals surface area contributed by atoms with E-state index in [1.165, 1.54) is 13.8 Å². The quantitative estimate of drug-likeness (QED) is 0.329. The van der Waals surface area contributed by atoms with Gasteiger partial charge in [0.25, 0.3) is 5.78 Å². The number of Topliss-reactive ketones (excluding diaryl/α,β-unsaturated/α-hetero) is 1. The molecule has 0 fully saturated rings. The average molecular weight is 545 g/mol. The smallest absolute Gasteiger partial charge is 0.344 e. The Kier molecular flexibility index (Phi) is 9.69. The summed E-state index contributed by atoms with van der Waals surface area (Å²) in [6, 6.07) is 21.4. The molecule has 5 nitrogen and oxygen atoms in total. The van der Waals surface area contributed by atoms with Crippen molar-refractivity contribution >= 4 is 29.2 Å². The molecule has 0 aliphatic heterocycles. The summed E-state index contributed by atoms with van der Waals surface area (Å²) in [5.74, 6) is -4.70. The Balaban J connectivity index is 1.88. The van der Waals surface area contributed by atoms with Crippen molar-refractivity contribution in [1.82, 2.24) is 10.6 Å². The zero-order valence-corrected chi connectivity index (χ0v) is 21.6. The summed E-state index contributed by atoms with van der Waals surface area (Å²) in [5, 5.41) is 5.37. The average Bonchev–Trinajstić information content (AvgIpc) is 2.88. The molecule has 2 unspecified atom stereocenters. The highest BCUT2D eigenvalue weighted by atomic mass is 35.5. The van der Waals surface area contributed by atoms with Crippen molar-refractivity contribution in [2.45, 2.75) is 44.4 Å². The van der Waals surface area contributed by atoms with E-state index in [-0.39, 0.29) is 6.42 Å². The van der Waals surface area contributed by atoms with Crippen LogP contribution in [0.5, 0.6) is 0 Å². The van der Waals surface area contributed by atoms with E-state index < -0.39 is 47.7 Å². The normalized spacial score (nSPS) is 13.9. The van der Waals surface area contributed by atoms with Gasteiger partial charge >= 0.3 is 6.18 Å². The number of carbonyl (C=O) groups excluding carboxylic acids is 3. The van der Waals surface area contributed by atoms with Crippen LogP contribution in [0.2, 0.25) is 5.02 Å². The molecule has 9 heteroatoms. The Hall–Kier alpha value is -3.65. The molecule has 38 heavy (non-hydrogen) atoms. The topological polar surface area (TPSA) is 75.3 Å². The summed E-state index contributed by atoms with van der Waals surface area (Å²) in [5.41, 5.74) is 2.00. The molecule has 3 rings (SSSR count). The molecule has 2 amide bonds. The lowest BCUT2D eigenvalue weighted by atomic mass is 9.88. The lowest BCUT2D eigenvalue weighted by molar-refractivity contribution is -0.175. The molecule has 200 valence electrons. The van der Waals surface area contributed by atoms with Gasteiger partial charge in [0.15, 0.2) is 0 Å². The maximum Gasteiger partial charge on any atom is 0.452 e. The maximum atomic E-state index is 13.3. The van der Waals surface area contributed by atoms with Crippen LogP contribution in [0.25, 0.3) is 0 Å². The number of halogens is 4. The minimum absolute atomic E-state index is 0.0595. The molecular weight excluding hydrogens is 517 g/mol. The minimum atomic E-state index is -5.12. The van der Waals surface area contributed by atoms with Gasteiger partial charge in [-0.15, -0.1) is 0 Å². The Morgan fingerprint density at radius 2 is 1.34 bits per heavy atom. The first-order valence-corrected chi connectivity index (χ1v) is 12.4. The van der Waals surface area contributed by atoms with Gasteiger partial charge in [-0.3, -0.25) is 14.4 Å². The Labute approximate surface area is 224 Å². The Morgan fingerprint density at radius 1 is 0.789 bits per heavy atom. The largest absolute Gasteiger partial charge is 0.452 e. The first kappa shape index (κ1) is 28.9. The predicted molar refractivity (Wildman–Crippen MR) is 140 cm³/mol. The zero-order chi connectivity index (χ0) is 27.9. The molecule has 0 heterocycles. The number of nitrogens with one attached hydrogen (secondary N) is 2. The van der Waals surface area contributed by atoms with Crippen molar-refractivity contribution in [3.8, 4) is 0 Å². The number of hydrogen-bond acceptors (Lipinski definition) is 3. The lowest BCUT2D eigenvalue weighted by Crippen LogP contribution is -2.52. The Morgan fingerprint density at radius 3 is 1.87 bits per heavy atom. The second-order valence-electron chi connectivity index (χ2n) is 9.23. The number of amides is 2. The fourth-order valence-electron chi connectivity index (χ4n) is 4.14. The van der Waals surface area contributed by atoms with E-state index >= 15 is 0 Å². The molecule has 3 atom stereocenters. The van der Waals surface area contributed by atoms with Crippen LogP contribution in [-0.4, -0.2) is 29.8 Å². The molecule has 0 aliphatic rings. The van der Waals surface area contributed by atoms with Gasteiger partial charge < -0.3 is 10.6 Å². The third kappa shape index (κ3) is 7.68. The van der Waals surface area contributed by atoms with Crippen LogP contribution in [0.3, 0.4) is 0 Å². The summed E-state index contributed by atoms with van der Waals surface area (Å²) in [4.78, 5) is 38.5. The highest BCUT2D eigenvalue weighted by Crippen LogP contribution is 2.30. The number of hydrogen-bond donors (Lipinski definition) is 2. The molecule has 0 saturated carbocycles. The molecule has 3 aromatic carbocycles. The molecule has 0 radical (unpaired) electrons. The molecule has 0 aromatic heterocycles. The number of rotatable bonds is 10. The summed E-state index contributed by atoms with van der Waals surface area (Å²) in [7, 11) is 0. The maximum absolute atomic E-state index is 13.3. The molecule has 2 N–H and O–H groups in total. The number of ketones is 1. The van der Waals surface area contributed by atoms with Crippen molar-refractivity contribution < 1.29 is 27.6 Å². The van der Waals surface area contributed by atoms with E-state index in [2.05, 4.69) is 10.6 Å². The first-order chi connectivity index (χ1) is 18.0. The van der Waals surface area contributed by atoms with E-state index in [1.54, 1.807) is 48.5 Å². The van der Waals surface area contributed by atoms with Gasteiger partial charge in [0.1, 0.15) is 6.04 Å². The summed E-state index contributed by atoms with van der Waals surface area (Å²) < 4.78 is 39.5. The zero-order valence-electron chi connectivity index (χ0n) is 20.8. The SMILES string of the molecule is CC(C)[C@H](NC(=O)C(NC(=O)CC(c1ccccc1)c1cccc(Cl)c1)c1ccccc1)C(=O)C(F)(F)F. The Bertz CT molecular complexity index is 1250. The monoisotopic (exact) mass is 544 g/mol. The van der Waals surface area contributed by atoms with Gasteiger partial charge in [-0.25, -0.2) is 0 Å². The molecule has 3 aromatic rings. The van der Waals surface area contributed by atoms with Gasteiger partial charge in [0, 0.05) is 17.4 Å². The summed E-state index contributed by atoms with van der Waals surface area (Å²) in [6.07, 6.45) is -5.18. The second kappa shape index (κ2) is 12.7. The van der Waals surface area contributed by atoms with Gasteiger partial charge in [-0.05, 0) is 34.7 Å². The summed E-state index contributed by atoms with van der Waals surface area (Å²) in [6.45, 7) is 2.81. The van der Waals surface area contributed by atoms with Crippen LogP contribution >= 0.6 is 11.6 Å². The summed E-state index contributed by atoms with van der Waals surface area (Å²) >= 11 is 6.19. The van der Waals surface area contributed by atoms with Gasteiger partial charge in [-0.2, -0.15) is 13.2 Å². The van der Waals surface area contributed by atoms with Crippen molar-refractivity contribution in [2.24, 2.45) is 5.92 Å². The molecule has 0 bridgehead atoms. The van der Waals surface area contributed by atoms with Gasteiger partial charge in [0.2, 0.25) is 11.8 Å². The van der Waals surface area contributed by atoms with Crippen LogP contribution < -0.4 is 10.6 Å². The minimum Gasteiger partial charge on any atom is -0.344 e. The van der Waals surface area contributed by atoms with Crippen molar-refractivity contribution in [3.05, 3.63) is 107 Å². The second-order valence-corrected chi connectivity index (χ2v) is 9.66. The van der Waals surface area contributed by atoms with Crippen molar-refractivity contribution in [3.63, 3.8) is 0 Å². The van der Waals surface area contributed by atoms with Crippen LogP contribution in [0.15, 0.2) is 84.9 Å². The lowest BCUT2D eigenvalue weighted by Gasteiger charge is -2.26. The van der Waals surface area contributed by atoms with Gasteiger partial charge in [-0.1, -0.05) is 98.2 Å². The number of carbonyl (C=O) groups is 3. The first-order valence-electron chi connectivity index (χ1n) is 12.0. The van der Waals surface area contributed by atoms with E-state index in [9.17, 15) is 27.6 Å². The van der Waals surface area contributed by atoms with Crippen LogP contribution in [-0.2, 0) is 14.4 Å². The number of benzene rings is 3. The van der Waals surface area contributed by atoms with E-state index in [0.717, 1.165) is 11.1 Å². The molecular formula is C29H28ClF3N2O3. The molecule has 0 aliphatic carbocycles. The van der Waals surface area contributed by atoms with E-state index in [4.69, 9.17) is 11.6 Å². The predicted octanol–water partition coefficient (Wildman–Crippen LogP) is 5.99. The van der Waals surface area contributed by atoms with Crippen molar-refractivity contribution in [2.75, 3.05) is 0 Å². The van der Waals surface area contributed by atoms with E-state index in [1.807, 2.05) is 36.4 Å². The van der Waals surface area contributed by atoms with Crippen LogP contribution in [0.1, 0.15) is 48.9 Å².